The van der Waals surface area contributed by atoms with Crippen molar-refractivity contribution in [3.8, 4) is 0 Å². The van der Waals surface area contributed by atoms with Gasteiger partial charge in [-0.05, 0) is 36.8 Å². The Morgan fingerprint density at radius 3 is 2.60 bits per heavy atom. The van der Waals surface area contributed by atoms with E-state index in [0.29, 0.717) is 4.87 Å². The Morgan fingerprint density at radius 1 is 0.950 bits per heavy atom. The first kappa shape index (κ1) is 13.1. The number of hydrogen-bond acceptors (Lipinski definition) is 2. The van der Waals surface area contributed by atoms with Gasteiger partial charge in [0.15, 0.2) is 0 Å². The second kappa shape index (κ2) is 5.29. The summed E-state index contributed by atoms with van der Waals surface area (Å²) in [4.78, 5) is 1.81. The van der Waals surface area contributed by atoms with Gasteiger partial charge in [0.2, 0.25) is 0 Å². The zero-order valence-corrected chi connectivity index (χ0v) is 13.1. The first-order valence-corrected chi connectivity index (χ1v) is 9.25. The van der Waals surface area contributed by atoms with E-state index >= 15 is 0 Å². The molecule has 0 bridgehead atoms. The van der Waals surface area contributed by atoms with Gasteiger partial charge in [-0.3, -0.25) is 0 Å². The van der Waals surface area contributed by atoms with Gasteiger partial charge >= 0.3 is 0 Å². The minimum absolute atomic E-state index is 0.323. The van der Waals surface area contributed by atoms with E-state index in [1.165, 1.54) is 68.4 Å². The molecule has 1 aromatic rings. The SMILES string of the molecule is c1ccc2c(c1)NC1(CCCCC1C1CCCCC1)S2. The maximum Gasteiger partial charge on any atom is 0.0911 e. The van der Waals surface area contributed by atoms with E-state index in [4.69, 9.17) is 0 Å². The summed E-state index contributed by atoms with van der Waals surface area (Å²) >= 11 is 2.15. The highest BCUT2D eigenvalue weighted by molar-refractivity contribution is 8.01. The molecular formula is C18H25NS. The van der Waals surface area contributed by atoms with Crippen LogP contribution in [0.2, 0.25) is 0 Å². The number of anilines is 1. The normalized spacial score (nSPS) is 33.9. The van der Waals surface area contributed by atoms with Gasteiger partial charge < -0.3 is 5.32 Å². The van der Waals surface area contributed by atoms with Gasteiger partial charge in [0.05, 0.1) is 4.87 Å². The molecule has 1 heterocycles. The Labute approximate surface area is 126 Å². The molecule has 1 aromatic carbocycles. The molecule has 2 fully saturated rings. The predicted molar refractivity (Wildman–Crippen MR) is 87.2 cm³/mol. The molecule has 2 atom stereocenters. The van der Waals surface area contributed by atoms with E-state index in [2.05, 4.69) is 41.3 Å². The molecule has 2 aliphatic carbocycles. The van der Waals surface area contributed by atoms with Crippen LogP contribution in [-0.4, -0.2) is 4.87 Å². The van der Waals surface area contributed by atoms with Crippen LogP contribution >= 0.6 is 11.8 Å². The molecule has 1 nitrogen and oxygen atoms in total. The highest BCUT2D eigenvalue weighted by Crippen LogP contribution is 2.57. The van der Waals surface area contributed by atoms with Crippen LogP contribution in [0.3, 0.4) is 0 Å². The van der Waals surface area contributed by atoms with Crippen LogP contribution in [0.25, 0.3) is 0 Å². The monoisotopic (exact) mass is 287 g/mol. The minimum Gasteiger partial charge on any atom is -0.369 e. The van der Waals surface area contributed by atoms with Gasteiger partial charge in [-0.1, -0.05) is 68.8 Å². The fourth-order valence-electron chi connectivity index (χ4n) is 4.71. The standard InChI is InChI=1S/C18H25NS/c1-2-8-14(9-3-1)15-10-6-7-13-18(15)19-16-11-4-5-12-17(16)20-18/h4-5,11-12,14-15,19H,1-3,6-10,13H2. The fraction of sp³-hybridized carbons (Fsp3) is 0.667. The topological polar surface area (TPSA) is 12.0 Å². The summed E-state index contributed by atoms with van der Waals surface area (Å²) in [5, 5.41) is 3.96. The highest BCUT2D eigenvalue weighted by Gasteiger charge is 2.48. The predicted octanol–water partition coefficient (Wildman–Crippen LogP) is 5.67. The van der Waals surface area contributed by atoms with Crippen molar-refractivity contribution in [2.24, 2.45) is 11.8 Å². The summed E-state index contributed by atoms with van der Waals surface area (Å²) < 4.78 is 0. The number of fused-ring (bicyclic) bond motifs is 1. The van der Waals surface area contributed by atoms with Crippen molar-refractivity contribution >= 4 is 17.4 Å². The van der Waals surface area contributed by atoms with Crippen LogP contribution in [0.5, 0.6) is 0 Å². The molecule has 1 spiro atoms. The van der Waals surface area contributed by atoms with Crippen molar-refractivity contribution in [1.82, 2.24) is 0 Å². The Hall–Kier alpha value is -0.630. The maximum atomic E-state index is 3.96. The first-order valence-electron chi connectivity index (χ1n) is 8.44. The molecule has 0 aromatic heterocycles. The molecule has 2 saturated carbocycles. The molecule has 0 saturated heterocycles. The lowest BCUT2D eigenvalue weighted by Gasteiger charge is -2.46. The smallest absolute Gasteiger partial charge is 0.0911 e. The average molecular weight is 287 g/mol. The van der Waals surface area contributed by atoms with Crippen molar-refractivity contribution in [2.45, 2.75) is 67.6 Å². The fourth-order valence-corrected chi connectivity index (χ4v) is 6.35. The summed E-state index contributed by atoms with van der Waals surface area (Å²) in [6.07, 6.45) is 13.0. The van der Waals surface area contributed by atoms with Gasteiger partial charge in [-0.15, -0.1) is 0 Å². The molecule has 3 aliphatic rings. The molecular weight excluding hydrogens is 262 g/mol. The molecule has 0 amide bonds. The number of rotatable bonds is 1. The minimum atomic E-state index is 0.323. The van der Waals surface area contributed by atoms with Gasteiger partial charge in [-0.2, -0.15) is 0 Å². The quantitative estimate of drug-likeness (QED) is 0.714. The maximum absolute atomic E-state index is 3.96. The van der Waals surface area contributed by atoms with Gasteiger partial charge in [0.1, 0.15) is 0 Å². The molecule has 20 heavy (non-hydrogen) atoms. The lowest BCUT2D eigenvalue weighted by molar-refractivity contribution is 0.166. The summed E-state index contributed by atoms with van der Waals surface area (Å²) in [6.45, 7) is 0. The van der Waals surface area contributed by atoms with Crippen molar-refractivity contribution < 1.29 is 0 Å². The average Bonchev–Trinajstić information content (AvgIpc) is 2.87. The lowest BCUT2D eigenvalue weighted by Crippen LogP contribution is -2.46. The molecule has 1 aliphatic heterocycles. The zero-order valence-electron chi connectivity index (χ0n) is 12.2. The van der Waals surface area contributed by atoms with Crippen molar-refractivity contribution in [1.29, 1.82) is 0 Å². The Bertz CT molecular complexity index is 453. The van der Waals surface area contributed by atoms with Crippen LogP contribution in [-0.2, 0) is 0 Å². The second-order valence-corrected chi connectivity index (χ2v) is 8.24. The highest BCUT2D eigenvalue weighted by atomic mass is 32.2. The van der Waals surface area contributed by atoms with E-state index in [-0.39, 0.29) is 0 Å². The number of nitrogens with one attached hydrogen (secondary N) is 1. The molecule has 4 rings (SSSR count). The number of benzene rings is 1. The van der Waals surface area contributed by atoms with Crippen LogP contribution in [0.4, 0.5) is 5.69 Å². The van der Waals surface area contributed by atoms with E-state index in [1.54, 1.807) is 0 Å². The van der Waals surface area contributed by atoms with Gasteiger partial charge in [0, 0.05) is 10.6 Å². The van der Waals surface area contributed by atoms with E-state index in [0.717, 1.165) is 11.8 Å². The number of thioether (sulfide) groups is 1. The Morgan fingerprint density at radius 2 is 1.75 bits per heavy atom. The number of hydrogen-bond donors (Lipinski definition) is 1. The van der Waals surface area contributed by atoms with Crippen LogP contribution in [0.1, 0.15) is 57.8 Å². The van der Waals surface area contributed by atoms with Crippen molar-refractivity contribution in [3.05, 3.63) is 24.3 Å². The molecule has 2 heteroatoms. The van der Waals surface area contributed by atoms with E-state index in [1.807, 2.05) is 0 Å². The van der Waals surface area contributed by atoms with Crippen LogP contribution in [0.15, 0.2) is 29.2 Å². The summed E-state index contributed by atoms with van der Waals surface area (Å²) in [5.74, 6) is 1.85. The van der Waals surface area contributed by atoms with Gasteiger partial charge in [-0.25, -0.2) is 0 Å². The molecule has 0 radical (unpaired) electrons. The summed E-state index contributed by atoms with van der Waals surface area (Å²) in [6, 6.07) is 8.92. The van der Waals surface area contributed by atoms with Crippen molar-refractivity contribution in [2.75, 3.05) is 5.32 Å². The third-order valence-corrected chi connectivity index (χ3v) is 7.21. The van der Waals surface area contributed by atoms with E-state index < -0.39 is 0 Å². The first-order chi connectivity index (χ1) is 9.87. The summed E-state index contributed by atoms with van der Waals surface area (Å²) in [5.41, 5.74) is 1.39. The zero-order chi connectivity index (χ0) is 13.4. The summed E-state index contributed by atoms with van der Waals surface area (Å²) in [7, 11) is 0. The van der Waals surface area contributed by atoms with Crippen LogP contribution < -0.4 is 5.32 Å². The number of para-hydroxylation sites is 1. The molecule has 2 unspecified atom stereocenters. The van der Waals surface area contributed by atoms with Crippen LogP contribution in [0, 0.1) is 11.8 Å². The Kier molecular flexibility index (Phi) is 3.45. The third-order valence-electron chi connectivity index (χ3n) is 5.66. The van der Waals surface area contributed by atoms with Crippen molar-refractivity contribution in [3.63, 3.8) is 0 Å². The molecule has 1 N–H and O–H groups in total. The lowest BCUT2D eigenvalue weighted by atomic mass is 9.70. The third kappa shape index (κ3) is 2.16. The second-order valence-electron chi connectivity index (χ2n) is 6.86. The Balaban J connectivity index is 1.62. The van der Waals surface area contributed by atoms with Gasteiger partial charge in [0.25, 0.3) is 0 Å². The largest absolute Gasteiger partial charge is 0.369 e. The van der Waals surface area contributed by atoms with E-state index in [9.17, 15) is 0 Å². The molecule has 108 valence electrons.